The SMILES string of the molecule is CN(CC1CC1)C(CCN)C(F)(F)F. The van der Waals surface area contributed by atoms with Crippen LogP contribution in [0.1, 0.15) is 19.3 Å². The Morgan fingerprint density at radius 3 is 2.36 bits per heavy atom. The van der Waals surface area contributed by atoms with Gasteiger partial charge < -0.3 is 5.73 Å². The average molecular weight is 210 g/mol. The smallest absolute Gasteiger partial charge is 0.330 e. The first-order chi connectivity index (χ1) is 6.45. The Bertz CT molecular complexity index is 177. The van der Waals surface area contributed by atoms with Gasteiger partial charge >= 0.3 is 6.18 Å². The number of halogens is 3. The van der Waals surface area contributed by atoms with E-state index in [4.69, 9.17) is 5.73 Å². The van der Waals surface area contributed by atoms with Crippen LogP contribution in [0.3, 0.4) is 0 Å². The molecule has 1 fully saturated rings. The van der Waals surface area contributed by atoms with Crippen LogP contribution in [0.15, 0.2) is 0 Å². The van der Waals surface area contributed by atoms with E-state index in [1.807, 2.05) is 0 Å². The van der Waals surface area contributed by atoms with E-state index in [1.165, 1.54) is 11.9 Å². The summed E-state index contributed by atoms with van der Waals surface area (Å²) < 4.78 is 37.6. The van der Waals surface area contributed by atoms with Crippen LogP contribution in [0.4, 0.5) is 13.2 Å². The van der Waals surface area contributed by atoms with E-state index in [1.54, 1.807) is 0 Å². The Hall–Kier alpha value is -0.290. The molecule has 1 aliphatic rings. The Balaban J connectivity index is 2.46. The number of nitrogens with zero attached hydrogens (tertiary/aromatic N) is 1. The van der Waals surface area contributed by atoms with Gasteiger partial charge in [0.1, 0.15) is 6.04 Å². The summed E-state index contributed by atoms with van der Waals surface area (Å²) in [6.45, 7) is 0.628. The molecule has 0 spiro atoms. The van der Waals surface area contributed by atoms with Crippen molar-refractivity contribution in [3.05, 3.63) is 0 Å². The highest BCUT2D eigenvalue weighted by Gasteiger charge is 2.42. The molecule has 5 heteroatoms. The molecule has 2 nitrogen and oxygen atoms in total. The Kier molecular flexibility index (Phi) is 3.78. The molecule has 1 atom stereocenters. The normalized spacial score (nSPS) is 20.1. The molecule has 0 aromatic carbocycles. The van der Waals surface area contributed by atoms with Crippen molar-refractivity contribution < 1.29 is 13.2 Å². The molecule has 0 bridgehead atoms. The Morgan fingerprint density at radius 2 is 2.00 bits per heavy atom. The minimum atomic E-state index is -4.15. The second kappa shape index (κ2) is 4.49. The first-order valence-electron chi connectivity index (χ1n) is 4.92. The fraction of sp³-hybridized carbons (Fsp3) is 1.00. The molecule has 1 unspecified atom stereocenters. The number of alkyl halides is 3. The summed E-state index contributed by atoms with van der Waals surface area (Å²) in [6.07, 6.45) is -2.02. The van der Waals surface area contributed by atoms with Gasteiger partial charge in [-0.1, -0.05) is 0 Å². The van der Waals surface area contributed by atoms with E-state index in [9.17, 15) is 13.2 Å². The zero-order chi connectivity index (χ0) is 10.8. The summed E-state index contributed by atoms with van der Waals surface area (Å²) in [5.41, 5.74) is 5.18. The van der Waals surface area contributed by atoms with Crippen LogP contribution in [0.25, 0.3) is 0 Å². The largest absolute Gasteiger partial charge is 0.404 e. The summed E-state index contributed by atoms with van der Waals surface area (Å²) in [5.74, 6) is 0.475. The number of hydrogen-bond donors (Lipinski definition) is 1. The van der Waals surface area contributed by atoms with Crippen molar-refractivity contribution in [1.82, 2.24) is 4.90 Å². The summed E-state index contributed by atoms with van der Waals surface area (Å²) in [6, 6.07) is -1.37. The van der Waals surface area contributed by atoms with Crippen LogP contribution in [-0.2, 0) is 0 Å². The van der Waals surface area contributed by atoms with Crippen LogP contribution in [-0.4, -0.2) is 37.3 Å². The van der Waals surface area contributed by atoms with E-state index in [0.717, 1.165) is 12.8 Å². The molecule has 84 valence electrons. The van der Waals surface area contributed by atoms with Crippen LogP contribution in [0.5, 0.6) is 0 Å². The quantitative estimate of drug-likeness (QED) is 0.747. The maximum atomic E-state index is 12.5. The maximum absolute atomic E-state index is 12.5. The van der Waals surface area contributed by atoms with Crippen LogP contribution in [0.2, 0.25) is 0 Å². The third-order valence-electron chi connectivity index (χ3n) is 2.59. The van der Waals surface area contributed by atoms with E-state index < -0.39 is 12.2 Å². The van der Waals surface area contributed by atoms with Gasteiger partial charge in [-0.3, -0.25) is 4.90 Å². The van der Waals surface area contributed by atoms with Crippen molar-refractivity contribution in [2.24, 2.45) is 11.7 Å². The Morgan fingerprint density at radius 1 is 1.43 bits per heavy atom. The zero-order valence-electron chi connectivity index (χ0n) is 8.35. The number of hydrogen-bond acceptors (Lipinski definition) is 2. The van der Waals surface area contributed by atoms with Crippen molar-refractivity contribution >= 4 is 0 Å². The van der Waals surface area contributed by atoms with Crippen molar-refractivity contribution in [3.63, 3.8) is 0 Å². The highest BCUT2D eigenvalue weighted by molar-refractivity contribution is 4.82. The topological polar surface area (TPSA) is 29.3 Å². The second-order valence-electron chi connectivity index (χ2n) is 4.02. The van der Waals surface area contributed by atoms with Gasteiger partial charge in [0.2, 0.25) is 0 Å². The van der Waals surface area contributed by atoms with E-state index in [-0.39, 0.29) is 13.0 Å². The first kappa shape index (κ1) is 11.8. The molecule has 0 aromatic rings. The van der Waals surface area contributed by atoms with Gasteiger partial charge in [-0.2, -0.15) is 13.2 Å². The fourth-order valence-corrected chi connectivity index (χ4v) is 1.63. The zero-order valence-corrected chi connectivity index (χ0v) is 8.35. The third kappa shape index (κ3) is 3.46. The van der Waals surface area contributed by atoms with Crippen molar-refractivity contribution in [2.45, 2.75) is 31.5 Å². The van der Waals surface area contributed by atoms with Crippen LogP contribution < -0.4 is 5.73 Å². The minimum absolute atomic E-state index is 0.00722. The van der Waals surface area contributed by atoms with Gasteiger partial charge in [0.15, 0.2) is 0 Å². The molecule has 0 saturated heterocycles. The monoisotopic (exact) mass is 210 g/mol. The van der Waals surface area contributed by atoms with Crippen molar-refractivity contribution in [2.75, 3.05) is 20.1 Å². The van der Waals surface area contributed by atoms with Gasteiger partial charge in [0.25, 0.3) is 0 Å². The van der Waals surface area contributed by atoms with Crippen LogP contribution >= 0.6 is 0 Å². The highest BCUT2D eigenvalue weighted by Crippen LogP contribution is 2.33. The van der Waals surface area contributed by atoms with E-state index in [2.05, 4.69) is 0 Å². The molecule has 0 aliphatic heterocycles. The molecule has 0 heterocycles. The molecule has 1 aliphatic carbocycles. The molecule has 14 heavy (non-hydrogen) atoms. The molecule has 0 amide bonds. The van der Waals surface area contributed by atoms with Crippen LogP contribution in [0, 0.1) is 5.92 Å². The molecule has 0 radical (unpaired) electrons. The van der Waals surface area contributed by atoms with Crippen molar-refractivity contribution in [1.29, 1.82) is 0 Å². The number of nitrogens with two attached hydrogens (primary N) is 1. The van der Waals surface area contributed by atoms with Gasteiger partial charge in [-0.15, -0.1) is 0 Å². The molecule has 0 aromatic heterocycles. The fourth-order valence-electron chi connectivity index (χ4n) is 1.63. The maximum Gasteiger partial charge on any atom is 0.404 e. The lowest BCUT2D eigenvalue weighted by atomic mass is 10.1. The molecule has 1 saturated carbocycles. The lowest BCUT2D eigenvalue weighted by Crippen LogP contribution is -2.45. The molecular weight excluding hydrogens is 193 g/mol. The standard InChI is InChI=1S/C9H17F3N2/c1-14(6-7-2-3-7)8(4-5-13)9(10,11)12/h7-8H,2-6,13H2,1H3. The predicted octanol–water partition coefficient (Wildman–Crippen LogP) is 1.61. The average Bonchev–Trinajstić information content (AvgIpc) is 2.81. The molecular formula is C9H17F3N2. The summed E-state index contributed by atoms with van der Waals surface area (Å²) in [7, 11) is 1.53. The lowest BCUT2D eigenvalue weighted by molar-refractivity contribution is -0.181. The predicted molar refractivity (Wildman–Crippen MR) is 48.9 cm³/mol. The van der Waals surface area contributed by atoms with E-state index >= 15 is 0 Å². The third-order valence-corrected chi connectivity index (χ3v) is 2.59. The van der Waals surface area contributed by atoms with Crippen molar-refractivity contribution in [3.8, 4) is 0 Å². The van der Waals surface area contributed by atoms with Gasteiger partial charge in [0.05, 0.1) is 0 Å². The molecule has 1 rings (SSSR count). The summed E-state index contributed by atoms with van der Waals surface area (Å²) >= 11 is 0. The lowest BCUT2D eigenvalue weighted by Gasteiger charge is -2.29. The first-order valence-corrected chi connectivity index (χ1v) is 4.92. The second-order valence-corrected chi connectivity index (χ2v) is 4.02. The summed E-state index contributed by atoms with van der Waals surface area (Å²) in [4.78, 5) is 1.39. The van der Waals surface area contributed by atoms with Gasteiger partial charge in [0, 0.05) is 6.54 Å². The highest BCUT2D eigenvalue weighted by atomic mass is 19.4. The number of rotatable bonds is 5. The van der Waals surface area contributed by atoms with Gasteiger partial charge in [-0.05, 0) is 38.8 Å². The Labute approximate surface area is 82.2 Å². The van der Waals surface area contributed by atoms with Gasteiger partial charge in [-0.25, -0.2) is 0 Å². The van der Waals surface area contributed by atoms with E-state index in [0.29, 0.717) is 12.5 Å². The minimum Gasteiger partial charge on any atom is -0.330 e. The summed E-state index contributed by atoms with van der Waals surface area (Å²) in [5, 5.41) is 0. The molecule has 2 N–H and O–H groups in total.